The van der Waals surface area contributed by atoms with Crippen LogP contribution in [0.4, 0.5) is 10.1 Å². The SMILES string of the molecule is Cc1ccc(F)c2cc(C(=O)Nc3cccc(-c4cnco4)c3)[nH]c12. The molecule has 0 aliphatic rings. The number of anilines is 1. The highest BCUT2D eigenvalue weighted by atomic mass is 19.1. The third-order valence-electron chi connectivity index (χ3n) is 4.03. The lowest BCUT2D eigenvalue weighted by atomic mass is 10.1. The number of aryl methyl sites for hydroxylation is 1. The molecule has 0 fully saturated rings. The molecule has 0 spiro atoms. The predicted octanol–water partition coefficient (Wildman–Crippen LogP) is 4.52. The molecule has 6 heteroatoms. The van der Waals surface area contributed by atoms with Gasteiger partial charge in [0.15, 0.2) is 12.2 Å². The molecule has 4 rings (SSSR count). The van der Waals surface area contributed by atoms with Crippen molar-refractivity contribution in [2.24, 2.45) is 0 Å². The Hall–Kier alpha value is -3.41. The van der Waals surface area contributed by atoms with Crippen molar-refractivity contribution in [3.05, 3.63) is 72.1 Å². The number of hydrogen-bond acceptors (Lipinski definition) is 3. The molecular formula is C19H14FN3O2. The lowest BCUT2D eigenvalue weighted by Gasteiger charge is -2.05. The predicted molar refractivity (Wildman–Crippen MR) is 92.9 cm³/mol. The minimum absolute atomic E-state index is 0.299. The van der Waals surface area contributed by atoms with E-state index >= 15 is 0 Å². The minimum atomic E-state index is -0.358. The van der Waals surface area contributed by atoms with E-state index in [-0.39, 0.29) is 11.7 Å². The van der Waals surface area contributed by atoms with E-state index in [2.05, 4.69) is 15.3 Å². The molecule has 0 aliphatic heterocycles. The summed E-state index contributed by atoms with van der Waals surface area (Å²) in [7, 11) is 0. The van der Waals surface area contributed by atoms with Crippen molar-refractivity contribution in [2.45, 2.75) is 6.92 Å². The molecule has 124 valence electrons. The highest BCUT2D eigenvalue weighted by Gasteiger charge is 2.14. The first-order chi connectivity index (χ1) is 12.1. The largest absolute Gasteiger partial charge is 0.444 e. The number of fused-ring (bicyclic) bond motifs is 1. The van der Waals surface area contributed by atoms with E-state index in [9.17, 15) is 9.18 Å². The molecule has 5 nitrogen and oxygen atoms in total. The number of carbonyl (C=O) groups is 1. The Morgan fingerprint density at radius 3 is 2.88 bits per heavy atom. The smallest absolute Gasteiger partial charge is 0.272 e. The summed E-state index contributed by atoms with van der Waals surface area (Å²) in [6.45, 7) is 1.86. The van der Waals surface area contributed by atoms with Gasteiger partial charge in [-0.2, -0.15) is 0 Å². The third-order valence-corrected chi connectivity index (χ3v) is 4.03. The van der Waals surface area contributed by atoms with Crippen LogP contribution in [0.3, 0.4) is 0 Å². The van der Waals surface area contributed by atoms with Gasteiger partial charge in [0.2, 0.25) is 0 Å². The molecular weight excluding hydrogens is 321 g/mol. The number of amides is 1. The second-order valence-electron chi connectivity index (χ2n) is 5.74. The van der Waals surface area contributed by atoms with Crippen LogP contribution in [-0.4, -0.2) is 15.9 Å². The van der Waals surface area contributed by atoms with E-state index < -0.39 is 0 Å². The van der Waals surface area contributed by atoms with Crippen molar-refractivity contribution >= 4 is 22.5 Å². The third kappa shape index (κ3) is 2.78. The van der Waals surface area contributed by atoms with Crippen LogP contribution in [-0.2, 0) is 0 Å². The number of oxazole rings is 1. The molecule has 4 aromatic rings. The first-order valence-corrected chi connectivity index (χ1v) is 7.70. The van der Waals surface area contributed by atoms with Crippen LogP contribution in [0.25, 0.3) is 22.2 Å². The van der Waals surface area contributed by atoms with E-state index in [0.717, 1.165) is 11.1 Å². The van der Waals surface area contributed by atoms with Crippen LogP contribution >= 0.6 is 0 Å². The zero-order valence-corrected chi connectivity index (χ0v) is 13.3. The fraction of sp³-hybridized carbons (Fsp3) is 0.0526. The van der Waals surface area contributed by atoms with Crippen molar-refractivity contribution in [1.29, 1.82) is 0 Å². The van der Waals surface area contributed by atoms with Crippen molar-refractivity contribution in [3.63, 3.8) is 0 Å². The van der Waals surface area contributed by atoms with Gasteiger partial charge in [0.25, 0.3) is 5.91 Å². The maximum absolute atomic E-state index is 13.9. The fourth-order valence-electron chi connectivity index (χ4n) is 2.75. The molecule has 25 heavy (non-hydrogen) atoms. The first-order valence-electron chi connectivity index (χ1n) is 7.70. The number of carbonyl (C=O) groups excluding carboxylic acids is 1. The van der Waals surface area contributed by atoms with Crippen molar-refractivity contribution < 1.29 is 13.6 Å². The van der Waals surface area contributed by atoms with Gasteiger partial charge in [0, 0.05) is 16.6 Å². The number of nitrogens with zero attached hydrogens (tertiary/aromatic N) is 1. The number of nitrogens with one attached hydrogen (secondary N) is 2. The molecule has 2 heterocycles. The number of hydrogen-bond donors (Lipinski definition) is 2. The maximum Gasteiger partial charge on any atom is 0.272 e. The van der Waals surface area contributed by atoms with Gasteiger partial charge in [-0.05, 0) is 36.8 Å². The standard InChI is InChI=1S/C19H14FN3O2/c1-11-5-6-15(20)14-8-16(23-18(11)14)19(24)22-13-4-2-3-12(7-13)17-9-21-10-25-17/h2-10,23H,1H3,(H,22,24). The molecule has 0 aliphatic carbocycles. The number of aromatic amines is 1. The monoisotopic (exact) mass is 335 g/mol. The number of rotatable bonds is 3. The van der Waals surface area contributed by atoms with Crippen LogP contribution in [0.5, 0.6) is 0 Å². The van der Waals surface area contributed by atoms with Crippen LogP contribution in [0.2, 0.25) is 0 Å². The van der Waals surface area contributed by atoms with Gasteiger partial charge in [-0.15, -0.1) is 0 Å². The van der Waals surface area contributed by atoms with Crippen molar-refractivity contribution in [1.82, 2.24) is 9.97 Å². The molecule has 1 amide bonds. The van der Waals surface area contributed by atoms with Gasteiger partial charge in [-0.25, -0.2) is 9.37 Å². The van der Waals surface area contributed by atoms with E-state index in [0.29, 0.717) is 28.0 Å². The van der Waals surface area contributed by atoms with Crippen LogP contribution in [0, 0.1) is 12.7 Å². The Morgan fingerprint density at radius 1 is 1.24 bits per heavy atom. The lowest BCUT2D eigenvalue weighted by Crippen LogP contribution is -2.12. The molecule has 2 aromatic heterocycles. The summed E-state index contributed by atoms with van der Waals surface area (Å²) in [4.78, 5) is 19.4. The average molecular weight is 335 g/mol. The van der Waals surface area contributed by atoms with Crippen molar-refractivity contribution in [2.75, 3.05) is 5.32 Å². The second kappa shape index (κ2) is 5.90. The van der Waals surface area contributed by atoms with E-state index in [1.165, 1.54) is 18.5 Å². The maximum atomic E-state index is 13.9. The van der Waals surface area contributed by atoms with Gasteiger partial charge in [0.05, 0.1) is 11.7 Å². The number of benzene rings is 2. The summed E-state index contributed by atoms with van der Waals surface area (Å²) >= 11 is 0. The summed E-state index contributed by atoms with van der Waals surface area (Å²) in [6, 6.07) is 11.8. The van der Waals surface area contributed by atoms with Crippen molar-refractivity contribution in [3.8, 4) is 11.3 Å². The molecule has 0 saturated heterocycles. The molecule has 0 saturated carbocycles. The quantitative estimate of drug-likeness (QED) is 0.578. The Morgan fingerprint density at radius 2 is 2.12 bits per heavy atom. The number of aromatic nitrogens is 2. The Balaban J connectivity index is 1.63. The first kappa shape index (κ1) is 15.1. The normalized spacial score (nSPS) is 11.0. The second-order valence-corrected chi connectivity index (χ2v) is 5.74. The van der Waals surface area contributed by atoms with Gasteiger partial charge in [0.1, 0.15) is 11.5 Å². The highest BCUT2D eigenvalue weighted by Crippen LogP contribution is 2.24. The molecule has 0 bridgehead atoms. The van der Waals surface area contributed by atoms with E-state index in [1.54, 1.807) is 24.4 Å². The molecule has 0 atom stereocenters. The summed E-state index contributed by atoms with van der Waals surface area (Å²) in [6.07, 6.45) is 2.95. The lowest BCUT2D eigenvalue weighted by molar-refractivity contribution is 0.102. The van der Waals surface area contributed by atoms with Gasteiger partial charge in [-0.3, -0.25) is 4.79 Å². The minimum Gasteiger partial charge on any atom is -0.444 e. The molecule has 2 aromatic carbocycles. The molecule has 0 unspecified atom stereocenters. The zero-order chi connectivity index (χ0) is 17.4. The van der Waals surface area contributed by atoms with E-state index in [1.807, 2.05) is 19.1 Å². The highest BCUT2D eigenvalue weighted by molar-refractivity contribution is 6.06. The Bertz CT molecular complexity index is 1030. The van der Waals surface area contributed by atoms with E-state index in [4.69, 9.17) is 4.42 Å². The molecule has 0 radical (unpaired) electrons. The fourth-order valence-corrected chi connectivity index (χ4v) is 2.75. The summed E-state index contributed by atoms with van der Waals surface area (Å²) in [5.74, 6) is -0.0904. The zero-order valence-electron chi connectivity index (χ0n) is 13.3. The summed E-state index contributed by atoms with van der Waals surface area (Å²) in [5.41, 5.74) is 3.21. The van der Waals surface area contributed by atoms with Gasteiger partial charge < -0.3 is 14.7 Å². The van der Waals surface area contributed by atoms with Crippen LogP contribution in [0.1, 0.15) is 16.1 Å². The van der Waals surface area contributed by atoms with Crippen LogP contribution in [0.15, 0.2) is 59.5 Å². The number of H-pyrrole nitrogens is 1. The van der Waals surface area contributed by atoms with Gasteiger partial charge >= 0.3 is 0 Å². The van der Waals surface area contributed by atoms with Gasteiger partial charge in [-0.1, -0.05) is 18.2 Å². The Labute approximate surface area is 142 Å². The average Bonchev–Trinajstić information content (AvgIpc) is 3.28. The summed E-state index contributed by atoms with van der Waals surface area (Å²) < 4.78 is 19.2. The Kier molecular flexibility index (Phi) is 3.57. The number of halogens is 1. The molecule has 2 N–H and O–H groups in total. The summed E-state index contributed by atoms with van der Waals surface area (Å²) in [5, 5.41) is 3.21. The topological polar surface area (TPSA) is 70.9 Å². The van der Waals surface area contributed by atoms with Crippen LogP contribution < -0.4 is 5.32 Å².